The zero-order chi connectivity index (χ0) is 17.9. The van der Waals surface area contributed by atoms with E-state index in [1.165, 1.54) is 25.7 Å². The van der Waals surface area contributed by atoms with Crippen molar-refractivity contribution in [3.63, 3.8) is 0 Å². The van der Waals surface area contributed by atoms with E-state index in [1.807, 2.05) is 0 Å². The summed E-state index contributed by atoms with van der Waals surface area (Å²) in [4.78, 5) is 2.10. The second-order valence-electron chi connectivity index (χ2n) is 5.73. The van der Waals surface area contributed by atoms with Crippen LogP contribution in [0.4, 0.5) is 11.6 Å². The SMILES string of the molecule is COc1ccc(Cl)cc1S(=O)(=O)Nc1ccc(N2CCCCC2)nn1. The molecule has 0 unspecified atom stereocenters. The van der Waals surface area contributed by atoms with E-state index in [0.29, 0.717) is 5.02 Å². The second kappa shape index (κ2) is 7.45. The van der Waals surface area contributed by atoms with E-state index in [-0.39, 0.29) is 16.5 Å². The minimum Gasteiger partial charge on any atom is -0.495 e. The fourth-order valence-corrected chi connectivity index (χ4v) is 4.15. The van der Waals surface area contributed by atoms with Crippen LogP contribution >= 0.6 is 11.6 Å². The van der Waals surface area contributed by atoms with Gasteiger partial charge in [-0.15, -0.1) is 10.2 Å². The van der Waals surface area contributed by atoms with Gasteiger partial charge < -0.3 is 9.64 Å². The maximum atomic E-state index is 12.6. The normalized spacial score (nSPS) is 15.0. The molecule has 1 fully saturated rings. The van der Waals surface area contributed by atoms with Gasteiger partial charge in [-0.1, -0.05) is 11.6 Å². The van der Waals surface area contributed by atoms with Gasteiger partial charge in [-0.25, -0.2) is 8.42 Å². The van der Waals surface area contributed by atoms with Crippen molar-refractivity contribution in [1.29, 1.82) is 0 Å². The molecule has 0 spiro atoms. The molecule has 0 aliphatic carbocycles. The summed E-state index contributed by atoms with van der Waals surface area (Å²) in [6, 6.07) is 7.77. The predicted molar refractivity (Wildman–Crippen MR) is 96.9 cm³/mol. The number of nitrogens with zero attached hydrogens (tertiary/aromatic N) is 3. The molecule has 2 aromatic rings. The first kappa shape index (κ1) is 17.8. The quantitative estimate of drug-likeness (QED) is 0.855. The van der Waals surface area contributed by atoms with E-state index in [1.54, 1.807) is 18.2 Å². The lowest BCUT2D eigenvalue weighted by atomic mass is 10.1. The van der Waals surface area contributed by atoms with E-state index in [9.17, 15) is 8.42 Å². The first-order valence-electron chi connectivity index (χ1n) is 7.94. The fraction of sp³-hybridized carbons (Fsp3) is 0.375. The summed E-state index contributed by atoms with van der Waals surface area (Å²) in [5.74, 6) is 1.10. The average molecular weight is 383 g/mol. The predicted octanol–water partition coefficient (Wildman–Crippen LogP) is 2.93. The maximum absolute atomic E-state index is 12.6. The van der Waals surface area contributed by atoms with Crippen molar-refractivity contribution in [2.75, 3.05) is 29.8 Å². The van der Waals surface area contributed by atoms with Crippen molar-refractivity contribution < 1.29 is 13.2 Å². The lowest BCUT2D eigenvalue weighted by molar-refractivity contribution is 0.403. The van der Waals surface area contributed by atoms with Gasteiger partial charge in [-0.05, 0) is 49.6 Å². The van der Waals surface area contributed by atoms with Crippen LogP contribution in [0.2, 0.25) is 5.02 Å². The number of ether oxygens (including phenoxy) is 1. The monoisotopic (exact) mass is 382 g/mol. The molecule has 0 radical (unpaired) electrons. The number of benzene rings is 1. The summed E-state index contributed by atoms with van der Waals surface area (Å²) < 4.78 is 32.7. The molecule has 0 atom stereocenters. The summed E-state index contributed by atoms with van der Waals surface area (Å²) in [7, 11) is -2.49. The Labute approximate surface area is 152 Å². The molecule has 0 bridgehead atoms. The zero-order valence-electron chi connectivity index (χ0n) is 13.8. The highest BCUT2D eigenvalue weighted by atomic mass is 35.5. The molecule has 1 aliphatic heterocycles. The van der Waals surface area contributed by atoms with Crippen LogP contribution < -0.4 is 14.4 Å². The van der Waals surface area contributed by atoms with E-state index in [4.69, 9.17) is 16.3 Å². The third-order valence-corrected chi connectivity index (χ3v) is 5.60. The van der Waals surface area contributed by atoms with Crippen molar-refractivity contribution in [3.05, 3.63) is 35.4 Å². The molecule has 0 amide bonds. The van der Waals surface area contributed by atoms with Crippen molar-refractivity contribution in [3.8, 4) is 5.75 Å². The van der Waals surface area contributed by atoms with Gasteiger partial charge in [0.25, 0.3) is 10.0 Å². The van der Waals surface area contributed by atoms with Crippen molar-refractivity contribution in [2.24, 2.45) is 0 Å². The molecule has 3 rings (SSSR count). The molecular formula is C16H19ClN4O3S. The topological polar surface area (TPSA) is 84.4 Å². The molecule has 1 aromatic heterocycles. The van der Waals surface area contributed by atoms with Crippen LogP contribution in [0.15, 0.2) is 35.2 Å². The standard InChI is InChI=1S/C16H19ClN4O3S/c1-24-13-6-5-12(17)11-14(13)25(22,23)20-15-7-8-16(19-18-15)21-9-3-2-4-10-21/h5-8,11H,2-4,9-10H2,1H3,(H,18,20). The molecular weight excluding hydrogens is 364 g/mol. The Balaban J connectivity index is 1.80. The van der Waals surface area contributed by atoms with Crippen LogP contribution in [0.1, 0.15) is 19.3 Å². The maximum Gasteiger partial charge on any atom is 0.266 e. The number of piperidine rings is 1. The molecule has 1 N–H and O–H groups in total. The minimum absolute atomic E-state index is 0.0515. The summed E-state index contributed by atoms with van der Waals surface area (Å²) in [5, 5.41) is 8.42. The molecule has 1 aliphatic rings. The summed E-state index contributed by atoms with van der Waals surface area (Å²) in [5.41, 5.74) is 0. The Morgan fingerprint density at radius 1 is 1.12 bits per heavy atom. The molecule has 134 valence electrons. The smallest absolute Gasteiger partial charge is 0.266 e. The minimum atomic E-state index is -3.89. The largest absolute Gasteiger partial charge is 0.495 e. The fourth-order valence-electron chi connectivity index (χ4n) is 2.72. The van der Waals surface area contributed by atoms with Crippen molar-refractivity contribution in [2.45, 2.75) is 24.2 Å². The number of nitrogens with one attached hydrogen (secondary N) is 1. The molecule has 2 heterocycles. The first-order chi connectivity index (χ1) is 12.0. The van der Waals surface area contributed by atoms with E-state index < -0.39 is 10.0 Å². The van der Waals surface area contributed by atoms with Crippen LogP contribution in [0.3, 0.4) is 0 Å². The third-order valence-electron chi connectivity index (χ3n) is 3.98. The zero-order valence-corrected chi connectivity index (χ0v) is 15.3. The Kier molecular flexibility index (Phi) is 5.29. The van der Waals surface area contributed by atoms with Crippen LogP contribution in [-0.4, -0.2) is 38.8 Å². The first-order valence-corrected chi connectivity index (χ1v) is 9.81. The molecule has 9 heteroatoms. The number of methoxy groups -OCH3 is 1. The van der Waals surface area contributed by atoms with Crippen LogP contribution in [0, 0.1) is 0 Å². The lowest BCUT2D eigenvalue weighted by Gasteiger charge is -2.27. The number of sulfonamides is 1. The highest BCUT2D eigenvalue weighted by Crippen LogP contribution is 2.28. The number of rotatable bonds is 5. The summed E-state index contributed by atoms with van der Waals surface area (Å²) in [6.45, 7) is 1.89. The summed E-state index contributed by atoms with van der Waals surface area (Å²) in [6.07, 6.45) is 3.48. The Morgan fingerprint density at radius 3 is 2.52 bits per heavy atom. The van der Waals surface area contributed by atoms with E-state index >= 15 is 0 Å². The van der Waals surface area contributed by atoms with Gasteiger partial charge in [0.15, 0.2) is 11.6 Å². The number of anilines is 2. The van der Waals surface area contributed by atoms with Crippen LogP contribution in [0.25, 0.3) is 0 Å². The van der Waals surface area contributed by atoms with Crippen LogP contribution in [0.5, 0.6) is 5.75 Å². The lowest BCUT2D eigenvalue weighted by Crippen LogP contribution is -2.30. The van der Waals surface area contributed by atoms with Gasteiger partial charge in [-0.3, -0.25) is 4.72 Å². The second-order valence-corrected chi connectivity index (χ2v) is 7.81. The molecule has 7 nitrogen and oxygen atoms in total. The summed E-state index contributed by atoms with van der Waals surface area (Å²) >= 11 is 5.91. The van der Waals surface area contributed by atoms with Crippen LogP contribution in [-0.2, 0) is 10.0 Å². The van der Waals surface area contributed by atoms with Crippen molar-refractivity contribution >= 4 is 33.3 Å². The van der Waals surface area contributed by atoms with E-state index in [2.05, 4.69) is 19.8 Å². The van der Waals surface area contributed by atoms with Gasteiger partial charge in [0.2, 0.25) is 0 Å². The highest BCUT2D eigenvalue weighted by molar-refractivity contribution is 7.92. The Morgan fingerprint density at radius 2 is 1.88 bits per heavy atom. The Bertz CT molecular complexity index is 837. The molecule has 1 saturated heterocycles. The third kappa shape index (κ3) is 4.13. The number of aromatic nitrogens is 2. The molecule has 25 heavy (non-hydrogen) atoms. The highest BCUT2D eigenvalue weighted by Gasteiger charge is 2.21. The number of hydrogen-bond acceptors (Lipinski definition) is 6. The van der Waals surface area contributed by atoms with E-state index in [0.717, 1.165) is 31.7 Å². The number of hydrogen-bond donors (Lipinski definition) is 1. The van der Waals surface area contributed by atoms with Gasteiger partial charge in [0.05, 0.1) is 7.11 Å². The molecule has 0 saturated carbocycles. The van der Waals surface area contributed by atoms with Gasteiger partial charge in [-0.2, -0.15) is 0 Å². The number of halogens is 1. The Hall–Kier alpha value is -2.06. The van der Waals surface area contributed by atoms with Gasteiger partial charge in [0.1, 0.15) is 10.6 Å². The van der Waals surface area contributed by atoms with Gasteiger partial charge in [0, 0.05) is 18.1 Å². The molecule has 1 aromatic carbocycles. The average Bonchev–Trinajstić information content (AvgIpc) is 2.63. The van der Waals surface area contributed by atoms with Gasteiger partial charge >= 0.3 is 0 Å². The van der Waals surface area contributed by atoms with Crippen molar-refractivity contribution in [1.82, 2.24) is 10.2 Å².